The van der Waals surface area contributed by atoms with Gasteiger partial charge in [-0.1, -0.05) is 12.1 Å². The minimum atomic E-state index is -4.82. The summed E-state index contributed by atoms with van der Waals surface area (Å²) in [6, 6.07) is 2.11. The zero-order valence-corrected chi connectivity index (χ0v) is 10.3. The van der Waals surface area contributed by atoms with Gasteiger partial charge in [0, 0.05) is 0 Å². The minimum absolute atomic E-state index is 0.642. The number of hydrogen-bond donors (Lipinski definition) is 2. The van der Waals surface area contributed by atoms with Crippen LogP contribution in [0.3, 0.4) is 0 Å². The molecule has 4 N–H and O–H groups in total. The van der Waals surface area contributed by atoms with Crippen LogP contribution in [0.5, 0.6) is 0 Å². The summed E-state index contributed by atoms with van der Waals surface area (Å²) in [6.45, 7) is 0. The summed E-state index contributed by atoms with van der Waals surface area (Å²) in [5.74, 6) is -2.08. The Morgan fingerprint density at radius 2 is 1.79 bits per heavy atom. The molecule has 0 aliphatic carbocycles. The second-order valence-corrected chi connectivity index (χ2v) is 5.79. The molecule has 0 radical (unpaired) electrons. The van der Waals surface area contributed by atoms with Crippen LogP contribution in [0.2, 0.25) is 0 Å². The number of primary amides is 1. The number of amides is 1. The van der Waals surface area contributed by atoms with Crippen LogP contribution >= 0.6 is 0 Å². The average Bonchev–Trinajstić information content (AvgIpc) is 2.27. The van der Waals surface area contributed by atoms with Gasteiger partial charge in [-0.2, -0.15) is 13.2 Å². The van der Waals surface area contributed by atoms with Crippen LogP contribution in [-0.4, -0.2) is 26.1 Å². The molecule has 0 bridgehead atoms. The molecule has 1 rings (SSSR count). The first-order valence-corrected chi connectivity index (χ1v) is 6.65. The maximum absolute atomic E-state index is 12.7. The van der Waals surface area contributed by atoms with Crippen molar-refractivity contribution in [2.24, 2.45) is 11.5 Å². The highest BCUT2D eigenvalue weighted by molar-refractivity contribution is 7.91. The number of nitrogens with two attached hydrogens (primary N) is 2. The number of hydrogen-bond acceptors (Lipinski definition) is 4. The van der Waals surface area contributed by atoms with Crippen molar-refractivity contribution in [2.45, 2.75) is 17.1 Å². The normalized spacial score (nSPS) is 14.1. The molecule has 1 atom stereocenters. The van der Waals surface area contributed by atoms with Gasteiger partial charge in [0.1, 0.15) is 0 Å². The maximum Gasteiger partial charge on any atom is 0.417 e. The van der Waals surface area contributed by atoms with Crippen molar-refractivity contribution in [3.63, 3.8) is 0 Å². The predicted molar refractivity (Wildman–Crippen MR) is 60.7 cm³/mol. The standard InChI is InChI=1S/C10H11F3N2O3S/c11-10(12,13)6-3-1-2-4-8(6)19(17,18)5-7(14)9(15)16/h1-4,7H,5,14H2,(H2,15,16). The third-order valence-corrected chi connectivity index (χ3v) is 4.12. The van der Waals surface area contributed by atoms with Crippen LogP contribution < -0.4 is 11.5 Å². The SMILES string of the molecule is NC(=O)C(N)CS(=O)(=O)c1ccccc1C(F)(F)F. The molecule has 0 saturated carbocycles. The van der Waals surface area contributed by atoms with E-state index in [0.29, 0.717) is 6.07 Å². The van der Waals surface area contributed by atoms with Gasteiger partial charge in [-0.15, -0.1) is 0 Å². The lowest BCUT2D eigenvalue weighted by Crippen LogP contribution is -2.42. The summed E-state index contributed by atoms with van der Waals surface area (Å²) in [7, 11) is -4.36. The molecule has 1 unspecified atom stereocenters. The average molecular weight is 296 g/mol. The number of sulfone groups is 1. The van der Waals surface area contributed by atoms with E-state index in [1.165, 1.54) is 0 Å². The summed E-state index contributed by atoms with van der Waals surface area (Å²) in [5, 5.41) is 0. The monoisotopic (exact) mass is 296 g/mol. The fourth-order valence-corrected chi connectivity index (χ4v) is 3.00. The molecule has 1 aromatic rings. The molecule has 0 aromatic heterocycles. The number of carbonyl (C=O) groups excluding carboxylic acids is 1. The van der Waals surface area contributed by atoms with Gasteiger partial charge >= 0.3 is 6.18 Å². The van der Waals surface area contributed by atoms with Crippen molar-refractivity contribution >= 4 is 15.7 Å². The zero-order chi connectivity index (χ0) is 14.8. The molecule has 19 heavy (non-hydrogen) atoms. The Labute approximate surface area is 107 Å². The first kappa shape index (κ1) is 15.4. The lowest BCUT2D eigenvalue weighted by Gasteiger charge is -2.14. The second-order valence-electron chi connectivity index (χ2n) is 3.78. The van der Waals surface area contributed by atoms with Crippen LogP contribution in [0.4, 0.5) is 13.2 Å². The Hall–Kier alpha value is -1.61. The van der Waals surface area contributed by atoms with E-state index in [1.807, 2.05) is 0 Å². The summed E-state index contributed by atoms with van der Waals surface area (Å²) in [5.41, 5.74) is 8.66. The van der Waals surface area contributed by atoms with Crippen molar-refractivity contribution in [2.75, 3.05) is 5.75 Å². The molecule has 106 valence electrons. The number of alkyl halides is 3. The van der Waals surface area contributed by atoms with Gasteiger partial charge in [-0.3, -0.25) is 4.79 Å². The van der Waals surface area contributed by atoms with E-state index in [0.717, 1.165) is 18.2 Å². The Kier molecular flexibility index (Phi) is 4.21. The van der Waals surface area contributed by atoms with Crippen LogP contribution in [0.25, 0.3) is 0 Å². The quantitative estimate of drug-likeness (QED) is 0.833. The molecular formula is C10H11F3N2O3S. The van der Waals surface area contributed by atoms with Gasteiger partial charge in [0.2, 0.25) is 5.91 Å². The largest absolute Gasteiger partial charge is 0.417 e. The molecular weight excluding hydrogens is 285 g/mol. The number of carbonyl (C=O) groups is 1. The highest BCUT2D eigenvalue weighted by atomic mass is 32.2. The van der Waals surface area contributed by atoms with E-state index in [9.17, 15) is 26.4 Å². The van der Waals surface area contributed by atoms with Crippen molar-refractivity contribution < 1.29 is 26.4 Å². The van der Waals surface area contributed by atoms with E-state index < -0.39 is 44.2 Å². The molecule has 0 aliphatic heterocycles. The van der Waals surface area contributed by atoms with E-state index in [-0.39, 0.29) is 0 Å². The third-order valence-electron chi connectivity index (χ3n) is 2.29. The van der Waals surface area contributed by atoms with Crippen LogP contribution in [0.1, 0.15) is 5.56 Å². The first-order valence-electron chi connectivity index (χ1n) is 4.99. The molecule has 1 amide bonds. The highest BCUT2D eigenvalue weighted by Gasteiger charge is 2.37. The van der Waals surface area contributed by atoms with E-state index in [4.69, 9.17) is 11.5 Å². The molecule has 9 heteroatoms. The summed E-state index contributed by atoms with van der Waals surface area (Å²) in [6.07, 6.45) is -4.82. The number of rotatable bonds is 4. The van der Waals surface area contributed by atoms with E-state index in [1.54, 1.807) is 0 Å². The Balaban J connectivity index is 3.27. The first-order chi connectivity index (χ1) is 8.55. The van der Waals surface area contributed by atoms with Gasteiger partial charge in [-0.05, 0) is 12.1 Å². The fourth-order valence-electron chi connectivity index (χ4n) is 1.38. The van der Waals surface area contributed by atoms with Gasteiger partial charge in [0.15, 0.2) is 9.84 Å². The topological polar surface area (TPSA) is 103 Å². The van der Waals surface area contributed by atoms with E-state index in [2.05, 4.69) is 0 Å². The molecule has 0 spiro atoms. The fraction of sp³-hybridized carbons (Fsp3) is 0.300. The van der Waals surface area contributed by atoms with Crippen molar-refractivity contribution in [3.8, 4) is 0 Å². The molecule has 5 nitrogen and oxygen atoms in total. The minimum Gasteiger partial charge on any atom is -0.368 e. The number of halogens is 3. The second kappa shape index (κ2) is 5.17. The summed E-state index contributed by atoms with van der Waals surface area (Å²) in [4.78, 5) is 9.78. The molecule has 0 heterocycles. The predicted octanol–water partition coefficient (Wildman–Crippen LogP) is 0.292. The molecule has 1 aromatic carbocycles. The van der Waals surface area contributed by atoms with Gasteiger partial charge in [-0.25, -0.2) is 8.42 Å². The van der Waals surface area contributed by atoms with Crippen LogP contribution in [-0.2, 0) is 20.8 Å². The Bertz CT molecular complexity index is 584. The summed E-state index contributed by atoms with van der Waals surface area (Å²) >= 11 is 0. The number of benzene rings is 1. The Morgan fingerprint density at radius 3 is 2.26 bits per heavy atom. The lowest BCUT2D eigenvalue weighted by atomic mass is 10.2. The van der Waals surface area contributed by atoms with Gasteiger partial charge in [0.05, 0.1) is 22.3 Å². The van der Waals surface area contributed by atoms with Crippen LogP contribution in [0, 0.1) is 0 Å². The zero-order valence-electron chi connectivity index (χ0n) is 9.52. The summed E-state index contributed by atoms with van der Waals surface area (Å²) < 4.78 is 61.7. The lowest BCUT2D eigenvalue weighted by molar-refractivity contribution is -0.139. The van der Waals surface area contributed by atoms with Crippen molar-refractivity contribution in [3.05, 3.63) is 29.8 Å². The highest BCUT2D eigenvalue weighted by Crippen LogP contribution is 2.34. The van der Waals surface area contributed by atoms with E-state index >= 15 is 0 Å². The molecule has 0 fully saturated rings. The maximum atomic E-state index is 12.7. The van der Waals surface area contributed by atoms with Crippen molar-refractivity contribution in [1.29, 1.82) is 0 Å². The Morgan fingerprint density at radius 1 is 1.26 bits per heavy atom. The molecule has 0 saturated heterocycles. The third kappa shape index (κ3) is 3.67. The molecule has 0 aliphatic rings. The smallest absolute Gasteiger partial charge is 0.368 e. The van der Waals surface area contributed by atoms with Gasteiger partial charge in [0.25, 0.3) is 0 Å². The van der Waals surface area contributed by atoms with Crippen molar-refractivity contribution in [1.82, 2.24) is 0 Å². The van der Waals surface area contributed by atoms with Crippen LogP contribution in [0.15, 0.2) is 29.2 Å². The van der Waals surface area contributed by atoms with Gasteiger partial charge < -0.3 is 11.5 Å².